The van der Waals surface area contributed by atoms with Gasteiger partial charge in [0, 0.05) is 17.5 Å². The van der Waals surface area contributed by atoms with Crippen LogP contribution in [0.2, 0.25) is 10.2 Å². The van der Waals surface area contributed by atoms with Crippen molar-refractivity contribution in [3.05, 3.63) is 74.4 Å². The first kappa shape index (κ1) is 25.5. The van der Waals surface area contributed by atoms with E-state index in [1.807, 2.05) is 32.0 Å². The number of aromatic amines is 1. The predicted molar refractivity (Wildman–Crippen MR) is 151 cm³/mol. The van der Waals surface area contributed by atoms with E-state index < -0.39 is 0 Å². The normalized spacial score (nSPS) is 15.6. The molecule has 0 unspecified atom stereocenters. The molecule has 2 aromatic heterocycles. The minimum Gasteiger partial charge on any atom is -0.492 e. The lowest BCUT2D eigenvalue weighted by molar-refractivity contribution is 0.271. The Morgan fingerprint density at radius 2 is 1.86 bits per heavy atom. The number of aromatic nitrogens is 3. The number of anilines is 2. The van der Waals surface area contributed by atoms with E-state index in [1.165, 1.54) is 19.2 Å². The molecular weight excluding hydrogens is 509 g/mol. The quantitative estimate of drug-likeness (QED) is 0.231. The van der Waals surface area contributed by atoms with E-state index in [1.54, 1.807) is 12.1 Å². The summed E-state index contributed by atoms with van der Waals surface area (Å²) in [6, 6.07) is 11.7. The second-order valence-electron chi connectivity index (χ2n) is 9.55. The average Bonchev–Trinajstić information content (AvgIpc) is 2.85. The van der Waals surface area contributed by atoms with E-state index in [4.69, 9.17) is 27.9 Å². The number of piperidine rings is 1. The Morgan fingerprint density at radius 3 is 2.59 bits per heavy atom. The highest BCUT2D eigenvalue weighted by atomic mass is 35.5. The van der Waals surface area contributed by atoms with Gasteiger partial charge >= 0.3 is 0 Å². The van der Waals surface area contributed by atoms with Crippen LogP contribution in [0.3, 0.4) is 0 Å². The van der Waals surface area contributed by atoms with Crippen molar-refractivity contribution in [2.24, 2.45) is 0 Å². The summed E-state index contributed by atoms with van der Waals surface area (Å²) in [6.45, 7) is 5.57. The Bertz CT molecular complexity index is 1480. The molecule has 1 aliphatic rings. The maximum absolute atomic E-state index is 13.4. The number of benzene rings is 2. The van der Waals surface area contributed by atoms with Crippen molar-refractivity contribution in [3.63, 3.8) is 0 Å². The van der Waals surface area contributed by atoms with Gasteiger partial charge < -0.3 is 20.4 Å². The van der Waals surface area contributed by atoms with E-state index in [0.29, 0.717) is 51.2 Å². The molecule has 192 valence electrons. The van der Waals surface area contributed by atoms with Gasteiger partial charge in [0.05, 0.1) is 28.4 Å². The lowest BCUT2D eigenvalue weighted by Crippen LogP contribution is -2.35. The monoisotopic (exact) mass is 537 g/mol. The molecule has 3 heterocycles. The molecule has 0 saturated carbocycles. The number of hydrogen-bond donors (Lipinski definition) is 3. The van der Waals surface area contributed by atoms with Crippen molar-refractivity contribution in [1.29, 1.82) is 0 Å². The minimum absolute atomic E-state index is 0.220. The zero-order chi connectivity index (χ0) is 25.9. The van der Waals surface area contributed by atoms with Gasteiger partial charge in [-0.05, 0) is 57.4 Å². The smallest absolute Gasteiger partial charge is 0.260 e. The summed E-state index contributed by atoms with van der Waals surface area (Å²) in [5.41, 5.74) is 4.47. The van der Waals surface area contributed by atoms with Crippen molar-refractivity contribution >= 4 is 45.6 Å². The number of nitrogens with zero attached hydrogens (tertiary/aromatic N) is 2. The van der Waals surface area contributed by atoms with E-state index in [9.17, 15) is 4.79 Å². The predicted octanol–water partition coefficient (Wildman–Crippen LogP) is 6.56. The van der Waals surface area contributed by atoms with Crippen molar-refractivity contribution in [3.8, 4) is 16.9 Å². The molecule has 0 amide bonds. The second kappa shape index (κ2) is 11.1. The maximum atomic E-state index is 13.4. The molecule has 1 atom stereocenters. The molecule has 0 bridgehead atoms. The van der Waals surface area contributed by atoms with Gasteiger partial charge in [-0.25, -0.2) is 9.97 Å². The summed E-state index contributed by atoms with van der Waals surface area (Å²) in [5, 5.41) is 8.26. The lowest BCUT2D eigenvalue weighted by Gasteiger charge is -2.24. The van der Waals surface area contributed by atoms with Crippen LogP contribution in [-0.4, -0.2) is 34.1 Å². The fourth-order valence-corrected chi connectivity index (χ4v) is 5.29. The van der Waals surface area contributed by atoms with Gasteiger partial charge in [0.2, 0.25) is 0 Å². The fraction of sp³-hybridized carbons (Fsp3) is 0.321. The molecule has 1 aliphatic heterocycles. The molecule has 0 spiro atoms. The SMILES string of the molecule is Cc1cc(C)cc(-c2c(OCC[C@H]3CCCCN3)c3cc(Nc4cc(Cl)ncn4)c(Cl)cc3[nH]c2=O)c1. The second-order valence-corrected chi connectivity index (χ2v) is 10.3. The standard InChI is InChI=1S/C28H29Cl2N5O2/c1-16-9-17(2)11-18(10-16)26-27(37-8-6-19-5-3-4-7-31-19)20-12-23(21(29)13-22(20)35-28(26)36)34-25-14-24(30)32-15-33-25/h9-15,19,31H,3-8H2,1-2H3,(H,35,36)(H,32,33,34)/t19-/m1/s1. The minimum atomic E-state index is -0.220. The van der Waals surface area contributed by atoms with Crippen LogP contribution in [0.25, 0.3) is 22.0 Å². The highest BCUT2D eigenvalue weighted by Gasteiger charge is 2.20. The van der Waals surface area contributed by atoms with Crippen molar-refractivity contribution < 1.29 is 4.74 Å². The van der Waals surface area contributed by atoms with Crippen molar-refractivity contribution in [2.75, 3.05) is 18.5 Å². The molecule has 1 saturated heterocycles. The average molecular weight is 538 g/mol. The molecule has 4 aromatic rings. The zero-order valence-corrected chi connectivity index (χ0v) is 22.3. The maximum Gasteiger partial charge on any atom is 0.260 e. The summed E-state index contributed by atoms with van der Waals surface area (Å²) in [7, 11) is 0. The van der Waals surface area contributed by atoms with Crippen LogP contribution in [-0.2, 0) is 0 Å². The highest BCUT2D eigenvalue weighted by molar-refractivity contribution is 6.34. The highest BCUT2D eigenvalue weighted by Crippen LogP contribution is 2.38. The first-order chi connectivity index (χ1) is 17.9. The van der Waals surface area contributed by atoms with Crippen LogP contribution in [0.4, 0.5) is 11.5 Å². The Hall–Kier alpha value is -3.13. The molecule has 7 nitrogen and oxygen atoms in total. The molecule has 37 heavy (non-hydrogen) atoms. The van der Waals surface area contributed by atoms with Crippen LogP contribution in [0.15, 0.2) is 47.5 Å². The van der Waals surface area contributed by atoms with Crippen LogP contribution >= 0.6 is 23.2 Å². The molecule has 9 heteroatoms. The number of ether oxygens (including phenoxy) is 1. The number of nitrogens with one attached hydrogen (secondary N) is 3. The van der Waals surface area contributed by atoms with Crippen LogP contribution in [0.1, 0.15) is 36.8 Å². The van der Waals surface area contributed by atoms with Crippen molar-refractivity contribution in [2.45, 2.75) is 45.6 Å². The summed E-state index contributed by atoms with van der Waals surface area (Å²) < 4.78 is 6.45. The van der Waals surface area contributed by atoms with E-state index in [0.717, 1.165) is 41.5 Å². The van der Waals surface area contributed by atoms with Crippen LogP contribution < -0.4 is 20.9 Å². The Balaban J connectivity index is 1.61. The number of halogens is 2. The van der Waals surface area contributed by atoms with E-state index in [-0.39, 0.29) is 5.56 Å². The molecule has 3 N–H and O–H groups in total. The first-order valence-electron chi connectivity index (χ1n) is 12.5. The summed E-state index contributed by atoms with van der Waals surface area (Å²) in [4.78, 5) is 24.6. The summed E-state index contributed by atoms with van der Waals surface area (Å²) >= 11 is 12.6. The third-order valence-electron chi connectivity index (χ3n) is 6.59. The van der Waals surface area contributed by atoms with Gasteiger partial charge in [-0.15, -0.1) is 0 Å². The fourth-order valence-electron chi connectivity index (χ4n) is 4.93. The summed E-state index contributed by atoms with van der Waals surface area (Å²) in [5.74, 6) is 1.05. The molecule has 1 fully saturated rings. The Labute approximate surface area is 225 Å². The molecule has 5 rings (SSSR count). The molecule has 0 aliphatic carbocycles. The molecular formula is C28H29Cl2N5O2. The van der Waals surface area contributed by atoms with Gasteiger partial charge in [-0.1, -0.05) is 58.9 Å². The van der Waals surface area contributed by atoms with Gasteiger partial charge in [0.25, 0.3) is 5.56 Å². The van der Waals surface area contributed by atoms with Gasteiger partial charge in [0.1, 0.15) is 23.0 Å². The molecule has 0 radical (unpaired) electrons. The van der Waals surface area contributed by atoms with Gasteiger partial charge in [-0.2, -0.15) is 0 Å². The van der Waals surface area contributed by atoms with E-state index in [2.05, 4.69) is 31.7 Å². The van der Waals surface area contributed by atoms with Gasteiger partial charge in [-0.3, -0.25) is 4.79 Å². The number of aryl methyl sites for hydroxylation is 2. The van der Waals surface area contributed by atoms with Crippen LogP contribution in [0.5, 0.6) is 5.75 Å². The number of hydrogen-bond acceptors (Lipinski definition) is 6. The summed E-state index contributed by atoms with van der Waals surface area (Å²) in [6.07, 6.45) is 5.80. The van der Waals surface area contributed by atoms with Crippen molar-refractivity contribution in [1.82, 2.24) is 20.3 Å². The largest absolute Gasteiger partial charge is 0.492 e. The van der Waals surface area contributed by atoms with Gasteiger partial charge in [0.15, 0.2) is 0 Å². The zero-order valence-electron chi connectivity index (χ0n) is 20.8. The third kappa shape index (κ3) is 5.90. The Morgan fingerprint density at radius 1 is 1.05 bits per heavy atom. The number of pyridine rings is 1. The Kier molecular flexibility index (Phi) is 7.65. The van der Waals surface area contributed by atoms with E-state index >= 15 is 0 Å². The number of fused-ring (bicyclic) bond motifs is 1. The topological polar surface area (TPSA) is 91.9 Å². The first-order valence-corrected chi connectivity index (χ1v) is 13.2. The lowest BCUT2D eigenvalue weighted by atomic mass is 9.99. The molecule has 2 aromatic carbocycles. The van der Waals surface area contributed by atoms with Crippen LogP contribution in [0, 0.1) is 13.8 Å². The third-order valence-corrected chi connectivity index (χ3v) is 7.11. The number of H-pyrrole nitrogens is 1. The number of rotatable bonds is 7.